The predicted octanol–water partition coefficient (Wildman–Crippen LogP) is 2.96. The fraction of sp³-hybridized carbons (Fsp3) is 0.500. The minimum atomic E-state index is -0.477. The Kier molecular flexibility index (Phi) is 3.20. The maximum Gasteiger partial charge on any atom is 0.414 e. The van der Waals surface area contributed by atoms with Crippen molar-refractivity contribution < 1.29 is 9.53 Å². The summed E-state index contributed by atoms with van der Waals surface area (Å²) < 4.78 is 5.42. The highest BCUT2D eigenvalue weighted by Crippen LogP contribution is 2.30. The normalized spacial score (nSPS) is 15.2. The fourth-order valence-electron chi connectivity index (χ4n) is 2.10. The molecule has 0 aromatic heterocycles. The summed E-state index contributed by atoms with van der Waals surface area (Å²) in [5, 5.41) is 0. The lowest BCUT2D eigenvalue weighted by atomic mass is 10.0. The van der Waals surface area contributed by atoms with Crippen molar-refractivity contribution in [2.45, 2.75) is 39.2 Å². The maximum absolute atomic E-state index is 12.2. The molecular formula is C14H20N2O2. The maximum atomic E-state index is 12.2. The summed E-state index contributed by atoms with van der Waals surface area (Å²) in [6.45, 7) is 6.30. The molecule has 1 amide bonds. The van der Waals surface area contributed by atoms with Crippen LogP contribution in [0.4, 0.5) is 16.2 Å². The van der Waals surface area contributed by atoms with E-state index in [1.807, 2.05) is 39.0 Å². The zero-order valence-corrected chi connectivity index (χ0v) is 11.2. The van der Waals surface area contributed by atoms with Crippen LogP contribution in [0.3, 0.4) is 0 Å². The van der Waals surface area contributed by atoms with Gasteiger partial charge in [0.2, 0.25) is 0 Å². The molecule has 0 aliphatic carbocycles. The van der Waals surface area contributed by atoms with Gasteiger partial charge in [0.1, 0.15) is 5.60 Å². The largest absolute Gasteiger partial charge is 0.443 e. The Morgan fingerprint density at radius 1 is 1.39 bits per heavy atom. The van der Waals surface area contributed by atoms with E-state index in [0.29, 0.717) is 12.2 Å². The molecule has 1 heterocycles. The van der Waals surface area contributed by atoms with Gasteiger partial charge in [0.25, 0.3) is 0 Å². The van der Waals surface area contributed by atoms with Crippen LogP contribution in [0.25, 0.3) is 0 Å². The van der Waals surface area contributed by atoms with E-state index in [4.69, 9.17) is 10.5 Å². The molecule has 0 radical (unpaired) electrons. The van der Waals surface area contributed by atoms with Crippen molar-refractivity contribution >= 4 is 17.5 Å². The van der Waals surface area contributed by atoms with Gasteiger partial charge in [-0.3, -0.25) is 4.90 Å². The van der Waals surface area contributed by atoms with Crippen molar-refractivity contribution in [2.24, 2.45) is 0 Å². The van der Waals surface area contributed by atoms with E-state index in [-0.39, 0.29) is 6.09 Å². The molecule has 1 aliphatic heterocycles. The van der Waals surface area contributed by atoms with Crippen molar-refractivity contribution in [3.05, 3.63) is 23.8 Å². The topological polar surface area (TPSA) is 55.6 Å². The molecule has 0 spiro atoms. The summed E-state index contributed by atoms with van der Waals surface area (Å²) in [5.74, 6) is 0. The zero-order valence-electron chi connectivity index (χ0n) is 11.2. The molecule has 1 aromatic rings. The number of hydrogen-bond donors (Lipinski definition) is 1. The van der Waals surface area contributed by atoms with Crippen LogP contribution in [0.15, 0.2) is 18.2 Å². The summed E-state index contributed by atoms with van der Waals surface area (Å²) in [4.78, 5) is 13.8. The van der Waals surface area contributed by atoms with E-state index in [2.05, 4.69) is 0 Å². The molecule has 0 unspecified atom stereocenters. The lowest BCUT2D eigenvalue weighted by Crippen LogP contribution is -2.39. The molecule has 0 atom stereocenters. The molecular weight excluding hydrogens is 228 g/mol. The van der Waals surface area contributed by atoms with E-state index >= 15 is 0 Å². The summed E-state index contributed by atoms with van der Waals surface area (Å²) >= 11 is 0. The van der Waals surface area contributed by atoms with Crippen molar-refractivity contribution in [1.29, 1.82) is 0 Å². The SMILES string of the molecule is CC(C)(C)OC(=O)N1CCCc2ccc(N)cc21. The van der Waals surface area contributed by atoms with Gasteiger partial charge >= 0.3 is 6.09 Å². The number of amides is 1. The smallest absolute Gasteiger partial charge is 0.414 e. The van der Waals surface area contributed by atoms with Gasteiger partial charge in [-0.2, -0.15) is 0 Å². The number of anilines is 2. The first-order chi connectivity index (χ1) is 8.37. The Morgan fingerprint density at radius 2 is 2.11 bits per heavy atom. The monoisotopic (exact) mass is 248 g/mol. The highest BCUT2D eigenvalue weighted by molar-refractivity contribution is 5.90. The molecule has 0 fully saturated rings. The number of nitrogens with zero attached hydrogens (tertiary/aromatic N) is 1. The number of aryl methyl sites for hydroxylation is 1. The van der Waals surface area contributed by atoms with Crippen LogP contribution in [-0.4, -0.2) is 18.2 Å². The number of nitrogen functional groups attached to an aromatic ring is 1. The second kappa shape index (κ2) is 4.52. The quantitative estimate of drug-likeness (QED) is 0.718. The summed E-state index contributed by atoms with van der Waals surface area (Å²) in [5.41, 5.74) is 8.02. The predicted molar refractivity (Wildman–Crippen MR) is 72.8 cm³/mol. The number of carbonyl (C=O) groups is 1. The number of rotatable bonds is 0. The van der Waals surface area contributed by atoms with Crippen molar-refractivity contribution in [3.63, 3.8) is 0 Å². The van der Waals surface area contributed by atoms with Gasteiger partial charge in [0, 0.05) is 12.2 Å². The van der Waals surface area contributed by atoms with E-state index in [0.717, 1.165) is 24.1 Å². The van der Waals surface area contributed by atoms with Gasteiger partial charge in [-0.25, -0.2) is 4.79 Å². The van der Waals surface area contributed by atoms with E-state index in [9.17, 15) is 4.79 Å². The first kappa shape index (κ1) is 12.7. The average Bonchev–Trinajstić information content (AvgIpc) is 2.25. The summed E-state index contributed by atoms with van der Waals surface area (Å²) in [6, 6.07) is 5.71. The Bertz CT molecular complexity index is 463. The molecule has 2 N–H and O–H groups in total. The molecule has 4 nitrogen and oxygen atoms in total. The van der Waals surface area contributed by atoms with Gasteiger partial charge in [0.05, 0.1) is 5.69 Å². The van der Waals surface area contributed by atoms with Crippen LogP contribution in [0.2, 0.25) is 0 Å². The number of hydrogen-bond acceptors (Lipinski definition) is 3. The van der Waals surface area contributed by atoms with Crippen molar-refractivity contribution in [3.8, 4) is 0 Å². The third kappa shape index (κ3) is 2.75. The molecule has 1 aliphatic rings. The fourth-order valence-corrected chi connectivity index (χ4v) is 2.10. The number of carbonyl (C=O) groups excluding carboxylic acids is 1. The van der Waals surface area contributed by atoms with Crippen LogP contribution < -0.4 is 10.6 Å². The molecule has 18 heavy (non-hydrogen) atoms. The second-order valence-corrected chi connectivity index (χ2v) is 5.62. The number of nitrogens with two attached hydrogens (primary N) is 1. The van der Waals surface area contributed by atoms with E-state index < -0.39 is 5.60 Å². The van der Waals surface area contributed by atoms with Crippen LogP contribution in [0.1, 0.15) is 32.8 Å². The lowest BCUT2D eigenvalue weighted by Gasteiger charge is -2.31. The zero-order chi connectivity index (χ0) is 13.3. The van der Waals surface area contributed by atoms with Gasteiger partial charge in [-0.15, -0.1) is 0 Å². The average molecular weight is 248 g/mol. The highest BCUT2D eigenvalue weighted by atomic mass is 16.6. The Hall–Kier alpha value is -1.71. The second-order valence-electron chi connectivity index (χ2n) is 5.62. The standard InChI is InChI=1S/C14H20N2O2/c1-14(2,3)18-13(17)16-8-4-5-10-6-7-11(15)9-12(10)16/h6-7,9H,4-5,8,15H2,1-3H3. The Labute approximate surface area is 108 Å². The summed E-state index contributed by atoms with van der Waals surface area (Å²) in [6.07, 6.45) is 1.64. The van der Waals surface area contributed by atoms with Gasteiger partial charge in [-0.05, 0) is 51.3 Å². The van der Waals surface area contributed by atoms with Crippen LogP contribution in [0, 0.1) is 0 Å². The van der Waals surface area contributed by atoms with E-state index in [1.165, 1.54) is 0 Å². The Morgan fingerprint density at radius 3 is 2.78 bits per heavy atom. The van der Waals surface area contributed by atoms with E-state index in [1.54, 1.807) is 4.90 Å². The molecule has 1 aromatic carbocycles. The molecule has 2 rings (SSSR count). The van der Waals surface area contributed by atoms with Crippen LogP contribution in [-0.2, 0) is 11.2 Å². The van der Waals surface area contributed by atoms with Crippen molar-refractivity contribution in [2.75, 3.05) is 17.2 Å². The molecule has 0 saturated carbocycles. The van der Waals surface area contributed by atoms with Crippen molar-refractivity contribution in [1.82, 2.24) is 0 Å². The Balaban J connectivity index is 2.27. The van der Waals surface area contributed by atoms with Gasteiger partial charge in [-0.1, -0.05) is 6.07 Å². The minimum Gasteiger partial charge on any atom is -0.443 e. The minimum absolute atomic E-state index is 0.297. The molecule has 0 saturated heterocycles. The molecule has 0 bridgehead atoms. The molecule has 98 valence electrons. The van der Waals surface area contributed by atoms with Crippen LogP contribution >= 0.6 is 0 Å². The van der Waals surface area contributed by atoms with Gasteiger partial charge in [0.15, 0.2) is 0 Å². The third-order valence-electron chi connectivity index (χ3n) is 2.84. The lowest BCUT2D eigenvalue weighted by molar-refractivity contribution is 0.0578. The number of fused-ring (bicyclic) bond motifs is 1. The number of benzene rings is 1. The number of ether oxygens (including phenoxy) is 1. The third-order valence-corrected chi connectivity index (χ3v) is 2.84. The van der Waals surface area contributed by atoms with Gasteiger partial charge < -0.3 is 10.5 Å². The first-order valence-electron chi connectivity index (χ1n) is 6.26. The highest BCUT2D eigenvalue weighted by Gasteiger charge is 2.27. The van der Waals surface area contributed by atoms with Crippen LogP contribution in [0.5, 0.6) is 0 Å². The first-order valence-corrected chi connectivity index (χ1v) is 6.26. The molecule has 4 heteroatoms. The summed E-state index contributed by atoms with van der Waals surface area (Å²) in [7, 11) is 0.